The van der Waals surface area contributed by atoms with E-state index < -0.39 is 0 Å². The van der Waals surface area contributed by atoms with E-state index in [0.29, 0.717) is 6.54 Å². The minimum Gasteiger partial charge on any atom is -0.375 e. The SMILES string of the molecule is CCNC(=NCc1ccnc(N2CCOC(C)C2)c1)NCc1ccc(CC)s1.I. The van der Waals surface area contributed by atoms with Gasteiger partial charge in [0.1, 0.15) is 5.82 Å². The molecule has 0 saturated carbocycles. The molecule has 1 unspecified atom stereocenters. The molecule has 1 atom stereocenters. The molecule has 0 bridgehead atoms. The molecule has 1 aliphatic rings. The van der Waals surface area contributed by atoms with Crippen LogP contribution in [0.15, 0.2) is 35.5 Å². The van der Waals surface area contributed by atoms with Gasteiger partial charge in [-0.2, -0.15) is 0 Å². The van der Waals surface area contributed by atoms with Crippen molar-refractivity contribution in [3.63, 3.8) is 0 Å². The lowest BCUT2D eigenvalue weighted by Gasteiger charge is -2.32. The van der Waals surface area contributed by atoms with E-state index in [0.717, 1.165) is 56.5 Å². The lowest BCUT2D eigenvalue weighted by molar-refractivity contribution is 0.0529. The van der Waals surface area contributed by atoms with Crippen molar-refractivity contribution in [3.8, 4) is 0 Å². The number of halogens is 1. The number of morpholine rings is 1. The zero-order valence-corrected chi connectivity index (χ0v) is 20.6. The number of hydrogen-bond donors (Lipinski definition) is 2. The highest BCUT2D eigenvalue weighted by Crippen LogP contribution is 2.18. The first-order chi connectivity index (χ1) is 13.7. The molecule has 3 rings (SSSR count). The second-order valence-electron chi connectivity index (χ2n) is 6.92. The van der Waals surface area contributed by atoms with E-state index in [-0.39, 0.29) is 30.1 Å². The summed E-state index contributed by atoms with van der Waals surface area (Å²) in [5, 5.41) is 6.76. The molecule has 1 aliphatic heterocycles. The van der Waals surface area contributed by atoms with Gasteiger partial charge >= 0.3 is 0 Å². The van der Waals surface area contributed by atoms with Crippen molar-refractivity contribution in [1.29, 1.82) is 0 Å². The molecule has 6 nitrogen and oxygen atoms in total. The van der Waals surface area contributed by atoms with E-state index >= 15 is 0 Å². The van der Waals surface area contributed by atoms with Crippen molar-refractivity contribution in [2.75, 3.05) is 31.1 Å². The number of anilines is 1. The Balaban J connectivity index is 0.00000300. The van der Waals surface area contributed by atoms with Gasteiger partial charge in [-0.05, 0) is 50.1 Å². The average Bonchev–Trinajstić information content (AvgIpc) is 3.18. The predicted octanol–water partition coefficient (Wildman–Crippen LogP) is 3.80. The number of aryl methyl sites for hydroxylation is 1. The number of nitrogens with one attached hydrogen (secondary N) is 2. The molecule has 3 heterocycles. The first kappa shape index (κ1) is 23.9. The minimum atomic E-state index is 0. The summed E-state index contributed by atoms with van der Waals surface area (Å²) in [7, 11) is 0. The van der Waals surface area contributed by atoms with Gasteiger partial charge in [-0.15, -0.1) is 35.3 Å². The van der Waals surface area contributed by atoms with Gasteiger partial charge < -0.3 is 20.3 Å². The van der Waals surface area contributed by atoms with Crippen LogP contribution in [0.25, 0.3) is 0 Å². The number of aromatic nitrogens is 1. The number of nitrogens with zero attached hydrogens (tertiary/aromatic N) is 3. The predicted molar refractivity (Wildman–Crippen MR) is 133 cm³/mol. The summed E-state index contributed by atoms with van der Waals surface area (Å²) < 4.78 is 5.63. The van der Waals surface area contributed by atoms with Crippen molar-refractivity contribution < 1.29 is 4.74 Å². The van der Waals surface area contributed by atoms with Crippen molar-refractivity contribution in [2.24, 2.45) is 4.99 Å². The lowest BCUT2D eigenvalue weighted by Crippen LogP contribution is -2.41. The average molecular weight is 529 g/mol. The molecule has 0 amide bonds. The molecule has 2 N–H and O–H groups in total. The van der Waals surface area contributed by atoms with Gasteiger partial charge in [-0.1, -0.05) is 6.92 Å². The summed E-state index contributed by atoms with van der Waals surface area (Å²) >= 11 is 1.86. The fourth-order valence-corrected chi connectivity index (χ4v) is 4.05. The third-order valence-corrected chi connectivity index (χ3v) is 5.86. The van der Waals surface area contributed by atoms with E-state index in [1.165, 1.54) is 9.75 Å². The fraction of sp³-hybridized carbons (Fsp3) is 0.524. The third-order valence-electron chi connectivity index (χ3n) is 4.63. The third kappa shape index (κ3) is 7.42. The van der Waals surface area contributed by atoms with E-state index in [1.807, 2.05) is 23.6 Å². The highest BCUT2D eigenvalue weighted by molar-refractivity contribution is 14.0. The van der Waals surface area contributed by atoms with Crippen molar-refractivity contribution in [2.45, 2.75) is 46.4 Å². The highest BCUT2D eigenvalue weighted by atomic mass is 127. The Morgan fingerprint density at radius 3 is 2.83 bits per heavy atom. The molecule has 2 aromatic rings. The first-order valence-electron chi connectivity index (χ1n) is 10.1. The molecule has 0 aromatic carbocycles. The second-order valence-corrected chi connectivity index (χ2v) is 8.17. The highest BCUT2D eigenvalue weighted by Gasteiger charge is 2.18. The van der Waals surface area contributed by atoms with E-state index in [1.54, 1.807) is 0 Å². The van der Waals surface area contributed by atoms with Gasteiger partial charge in [0.2, 0.25) is 0 Å². The summed E-state index contributed by atoms with van der Waals surface area (Å²) in [5.41, 5.74) is 1.16. The molecule has 0 radical (unpaired) electrons. The molecule has 8 heteroatoms. The van der Waals surface area contributed by atoms with Crippen LogP contribution in [0.1, 0.15) is 36.1 Å². The topological polar surface area (TPSA) is 61.8 Å². The molecule has 29 heavy (non-hydrogen) atoms. The maximum absolute atomic E-state index is 5.63. The van der Waals surface area contributed by atoms with Crippen molar-refractivity contribution >= 4 is 47.1 Å². The Labute approximate surface area is 195 Å². The summed E-state index contributed by atoms with van der Waals surface area (Å²) in [4.78, 5) is 14.3. The van der Waals surface area contributed by atoms with Crippen LogP contribution in [-0.4, -0.2) is 43.3 Å². The zero-order valence-electron chi connectivity index (χ0n) is 17.5. The fourth-order valence-electron chi connectivity index (χ4n) is 3.15. The van der Waals surface area contributed by atoms with Gasteiger partial charge in [0.05, 0.1) is 25.8 Å². The Hall–Kier alpha value is -1.39. The van der Waals surface area contributed by atoms with Gasteiger partial charge in [0, 0.05) is 35.6 Å². The number of rotatable bonds is 7. The Morgan fingerprint density at radius 1 is 1.28 bits per heavy atom. The van der Waals surface area contributed by atoms with Gasteiger partial charge in [-0.25, -0.2) is 9.98 Å². The van der Waals surface area contributed by atoms with E-state index in [2.05, 4.69) is 59.5 Å². The number of pyridine rings is 1. The van der Waals surface area contributed by atoms with Crippen LogP contribution in [0.3, 0.4) is 0 Å². The number of hydrogen-bond acceptors (Lipinski definition) is 5. The summed E-state index contributed by atoms with van der Waals surface area (Å²) in [6.45, 7) is 11.1. The summed E-state index contributed by atoms with van der Waals surface area (Å²) in [5.74, 6) is 1.85. The summed E-state index contributed by atoms with van der Waals surface area (Å²) in [6, 6.07) is 8.57. The van der Waals surface area contributed by atoms with Crippen LogP contribution in [0.4, 0.5) is 5.82 Å². The number of aliphatic imine (C=N–C) groups is 1. The zero-order chi connectivity index (χ0) is 19.8. The normalized spacial score (nSPS) is 17.0. The molecular formula is C21H32IN5OS. The summed E-state index contributed by atoms with van der Waals surface area (Å²) in [6.07, 6.45) is 3.20. The molecule has 0 aliphatic carbocycles. The maximum Gasteiger partial charge on any atom is 0.191 e. The number of guanidine groups is 1. The van der Waals surface area contributed by atoms with Crippen molar-refractivity contribution in [1.82, 2.24) is 15.6 Å². The molecule has 1 fully saturated rings. The molecule has 1 saturated heterocycles. The Kier molecular flexibility index (Phi) is 10.2. The minimum absolute atomic E-state index is 0. The van der Waals surface area contributed by atoms with E-state index in [4.69, 9.17) is 9.73 Å². The van der Waals surface area contributed by atoms with E-state index in [9.17, 15) is 0 Å². The monoisotopic (exact) mass is 529 g/mol. The number of thiophene rings is 1. The van der Waals surface area contributed by atoms with Gasteiger partial charge in [0.25, 0.3) is 0 Å². The molecular weight excluding hydrogens is 497 g/mol. The number of ether oxygens (including phenoxy) is 1. The largest absolute Gasteiger partial charge is 0.375 e. The van der Waals surface area contributed by atoms with Crippen LogP contribution in [0.5, 0.6) is 0 Å². The van der Waals surface area contributed by atoms with Crippen LogP contribution < -0.4 is 15.5 Å². The molecule has 2 aromatic heterocycles. The van der Waals surface area contributed by atoms with Crippen LogP contribution in [-0.2, 0) is 24.2 Å². The van der Waals surface area contributed by atoms with Gasteiger partial charge in [-0.3, -0.25) is 0 Å². The quantitative estimate of drug-likeness (QED) is 0.325. The second kappa shape index (κ2) is 12.3. The van der Waals surface area contributed by atoms with Crippen LogP contribution in [0, 0.1) is 0 Å². The first-order valence-corrected chi connectivity index (χ1v) is 10.9. The molecule has 0 spiro atoms. The van der Waals surface area contributed by atoms with Gasteiger partial charge in [0.15, 0.2) is 5.96 Å². The van der Waals surface area contributed by atoms with Crippen LogP contribution >= 0.6 is 35.3 Å². The Bertz CT molecular complexity index is 782. The Morgan fingerprint density at radius 2 is 2.10 bits per heavy atom. The standard InChI is InChI=1S/C21H31N5OS.HI/c1-4-18-6-7-19(28-18)14-25-21(22-5-2)24-13-17-8-9-23-20(12-17)26-10-11-27-16(3)15-26;/h6-9,12,16H,4-5,10-11,13-15H2,1-3H3,(H2,22,24,25);1H. The smallest absolute Gasteiger partial charge is 0.191 e. The lowest BCUT2D eigenvalue weighted by atomic mass is 10.2. The maximum atomic E-state index is 5.63. The van der Waals surface area contributed by atoms with Crippen LogP contribution in [0.2, 0.25) is 0 Å². The molecule has 160 valence electrons. The van der Waals surface area contributed by atoms with Crippen molar-refractivity contribution in [3.05, 3.63) is 45.8 Å².